The molecule has 0 aliphatic carbocycles. The van der Waals surface area contributed by atoms with Gasteiger partial charge < -0.3 is 9.80 Å². The predicted octanol–water partition coefficient (Wildman–Crippen LogP) is 4.51. The van der Waals surface area contributed by atoms with Crippen LogP contribution in [0.3, 0.4) is 0 Å². The van der Waals surface area contributed by atoms with Crippen LogP contribution in [0, 0.1) is 11.8 Å². The molecule has 0 bridgehead atoms. The zero-order valence-electron chi connectivity index (χ0n) is 14.1. The van der Waals surface area contributed by atoms with Gasteiger partial charge in [-0.1, -0.05) is 41.4 Å². The molecule has 0 radical (unpaired) electrons. The van der Waals surface area contributed by atoms with Gasteiger partial charge in [0.1, 0.15) is 5.52 Å². The van der Waals surface area contributed by atoms with Gasteiger partial charge in [0.05, 0.1) is 16.9 Å². The van der Waals surface area contributed by atoms with Crippen LogP contribution in [0.4, 0.5) is 11.4 Å². The molecule has 3 aromatic rings. The molecule has 3 heterocycles. The van der Waals surface area contributed by atoms with E-state index < -0.39 is 0 Å². The lowest BCUT2D eigenvalue weighted by molar-refractivity contribution is 0.533. The summed E-state index contributed by atoms with van der Waals surface area (Å²) in [6.07, 6.45) is 1.87. The van der Waals surface area contributed by atoms with E-state index in [0.717, 1.165) is 47.8 Å². The molecule has 2 fully saturated rings. The van der Waals surface area contributed by atoms with Crippen molar-refractivity contribution in [3.8, 4) is 0 Å². The Morgan fingerprint density at radius 1 is 0.885 bits per heavy atom. The average molecular weight is 385 g/mol. The third kappa shape index (κ3) is 2.68. The Hall–Kier alpha value is -2.04. The van der Waals surface area contributed by atoms with E-state index in [1.54, 1.807) is 0 Å². The summed E-state index contributed by atoms with van der Waals surface area (Å²) in [5.74, 6) is 1.30. The molecule has 132 valence electrons. The van der Waals surface area contributed by atoms with Gasteiger partial charge >= 0.3 is 0 Å². The number of anilines is 2. The van der Waals surface area contributed by atoms with Gasteiger partial charge in [-0.3, -0.25) is 0 Å². The molecule has 2 aliphatic heterocycles. The fourth-order valence-electron chi connectivity index (χ4n) is 4.36. The molecule has 0 amide bonds. The van der Waals surface area contributed by atoms with Crippen molar-refractivity contribution >= 4 is 45.5 Å². The Labute approximate surface area is 162 Å². The first-order valence-corrected chi connectivity index (χ1v) is 9.60. The Bertz CT molecular complexity index is 963. The van der Waals surface area contributed by atoms with E-state index in [1.807, 2.05) is 30.5 Å². The van der Waals surface area contributed by atoms with Crippen LogP contribution in [-0.2, 0) is 0 Å². The van der Waals surface area contributed by atoms with Crippen molar-refractivity contribution in [1.82, 2.24) is 10.2 Å². The van der Waals surface area contributed by atoms with E-state index in [-0.39, 0.29) is 0 Å². The minimum absolute atomic E-state index is 0.649. The highest BCUT2D eigenvalue weighted by molar-refractivity contribution is 6.35. The van der Waals surface area contributed by atoms with Gasteiger partial charge in [0.2, 0.25) is 0 Å². The molecule has 1 aromatic heterocycles. The van der Waals surface area contributed by atoms with Crippen molar-refractivity contribution < 1.29 is 0 Å². The van der Waals surface area contributed by atoms with E-state index in [4.69, 9.17) is 23.2 Å². The van der Waals surface area contributed by atoms with Gasteiger partial charge in [-0.2, -0.15) is 5.10 Å². The van der Waals surface area contributed by atoms with Crippen LogP contribution in [0.1, 0.15) is 0 Å². The first-order chi connectivity index (χ1) is 12.7. The molecule has 2 atom stereocenters. The van der Waals surface area contributed by atoms with Gasteiger partial charge in [0.25, 0.3) is 0 Å². The highest BCUT2D eigenvalue weighted by Gasteiger charge is 2.40. The van der Waals surface area contributed by atoms with E-state index in [1.165, 1.54) is 5.69 Å². The number of benzene rings is 2. The lowest BCUT2D eigenvalue weighted by atomic mass is 10.0. The van der Waals surface area contributed by atoms with Crippen LogP contribution in [-0.4, -0.2) is 36.4 Å². The van der Waals surface area contributed by atoms with Crippen molar-refractivity contribution in [3.05, 3.63) is 58.7 Å². The molecule has 2 aromatic carbocycles. The van der Waals surface area contributed by atoms with Crippen LogP contribution >= 0.6 is 23.2 Å². The molecule has 2 saturated heterocycles. The van der Waals surface area contributed by atoms with Crippen molar-refractivity contribution in [2.24, 2.45) is 11.8 Å². The smallest absolute Gasteiger partial charge is 0.114 e. The Balaban J connectivity index is 1.38. The second-order valence-corrected chi connectivity index (χ2v) is 8.02. The molecule has 26 heavy (non-hydrogen) atoms. The van der Waals surface area contributed by atoms with Crippen LogP contribution < -0.4 is 9.80 Å². The van der Waals surface area contributed by atoms with Gasteiger partial charge in [0, 0.05) is 54.1 Å². The van der Waals surface area contributed by atoms with Crippen molar-refractivity contribution in [3.63, 3.8) is 0 Å². The number of aromatic nitrogens is 2. The maximum atomic E-state index is 6.29. The summed E-state index contributed by atoms with van der Waals surface area (Å²) >= 11 is 12.4. The summed E-state index contributed by atoms with van der Waals surface area (Å²) in [6.45, 7) is 4.21. The normalized spacial score (nSPS) is 22.2. The van der Waals surface area contributed by atoms with Gasteiger partial charge in [-0.15, -0.1) is 5.10 Å². The minimum atomic E-state index is 0.649. The number of halogens is 2. The maximum absolute atomic E-state index is 6.29. The quantitative estimate of drug-likeness (QED) is 0.650. The first-order valence-electron chi connectivity index (χ1n) is 8.84. The third-order valence-corrected chi connectivity index (χ3v) is 6.14. The standard InChI is InChI=1S/C20H18Cl2N4/c21-15-3-1-4-16(7-15)25-9-13-11-26(12-14(13)10-25)19-8-23-24-20-17(19)5-2-6-18(20)22/h1-8,13-14H,9-12H2/t13-,14+. The Morgan fingerprint density at radius 3 is 2.38 bits per heavy atom. The fraction of sp³-hybridized carbons (Fsp3) is 0.300. The summed E-state index contributed by atoms with van der Waals surface area (Å²) in [4.78, 5) is 4.90. The molecule has 5 rings (SSSR count). The average Bonchev–Trinajstić information content (AvgIpc) is 3.21. The van der Waals surface area contributed by atoms with Gasteiger partial charge in [0.15, 0.2) is 0 Å². The third-order valence-electron chi connectivity index (χ3n) is 5.60. The second kappa shape index (κ2) is 6.29. The van der Waals surface area contributed by atoms with Gasteiger partial charge in [-0.25, -0.2) is 0 Å². The molecule has 0 N–H and O–H groups in total. The highest BCUT2D eigenvalue weighted by atomic mass is 35.5. The first kappa shape index (κ1) is 16.2. The molecule has 6 heteroatoms. The molecule has 2 aliphatic rings. The number of fused-ring (bicyclic) bond motifs is 2. The van der Waals surface area contributed by atoms with Crippen molar-refractivity contribution in [2.45, 2.75) is 0 Å². The van der Waals surface area contributed by atoms with Gasteiger partial charge in [-0.05, 0) is 24.3 Å². The summed E-state index contributed by atoms with van der Waals surface area (Å²) < 4.78 is 0. The molecule has 0 unspecified atom stereocenters. The maximum Gasteiger partial charge on any atom is 0.114 e. The number of nitrogens with zero attached hydrogens (tertiary/aromatic N) is 4. The lowest BCUT2D eigenvalue weighted by Gasteiger charge is -2.25. The van der Waals surface area contributed by atoms with E-state index in [0.29, 0.717) is 16.9 Å². The Kier molecular flexibility index (Phi) is 3.91. The van der Waals surface area contributed by atoms with Crippen LogP contribution in [0.25, 0.3) is 10.9 Å². The number of hydrogen-bond donors (Lipinski definition) is 0. The molecule has 4 nitrogen and oxygen atoms in total. The van der Waals surface area contributed by atoms with Crippen LogP contribution in [0.15, 0.2) is 48.7 Å². The topological polar surface area (TPSA) is 32.3 Å². The van der Waals surface area contributed by atoms with Crippen molar-refractivity contribution in [2.75, 3.05) is 36.0 Å². The van der Waals surface area contributed by atoms with Crippen LogP contribution in [0.5, 0.6) is 0 Å². The number of hydrogen-bond acceptors (Lipinski definition) is 4. The molecule has 0 saturated carbocycles. The van der Waals surface area contributed by atoms with Crippen LogP contribution in [0.2, 0.25) is 10.0 Å². The molecular formula is C20H18Cl2N4. The summed E-state index contributed by atoms with van der Waals surface area (Å²) in [7, 11) is 0. The molecule has 0 spiro atoms. The summed E-state index contributed by atoms with van der Waals surface area (Å²) in [6, 6.07) is 14.1. The SMILES string of the molecule is Clc1cccc(N2C[C@@H]3CN(c4cnnc5c(Cl)cccc45)C[C@@H]3C2)c1. The molecular weight excluding hydrogens is 367 g/mol. The second-order valence-electron chi connectivity index (χ2n) is 7.18. The van der Waals surface area contributed by atoms with E-state index >= 15 is 0 Å². The summed E-state index contributed by atoms with van der Waals surface area (Å²) in [5.41, 5.74) is 3.15. The highest BCUT2D eigenvalue weighted by Crippen LogP contribution is 2.38. The summed E-state index contributed by atoms with van der Waals surface area (Å²) in [5, 5.41) is 10.9. The monoisotopic (exact) mass is 384 g/mol. The zero-order valence-corrected chi connectivity index (χ0v) is 15.7. The number of rotatable bonds is 2. The van der Waals surface area contributed by atoms with E-state index in [2.05, 4.69) is 38.2 Å². The van der Waals surface area contributed by atoms with Crippen molar-refractivity contribution in [1.29, 1.82) is 0 Å². The fourth-order valence-corrected chi connectivity index (χ4v) is 4.76. The van der Waals surface area contributed by atoms with E-state index in [9.17, 15) is 0 Å². The largest absolute Gasteiger partial charge is 0.371 e. The minimum Gasteiger partial charge on any atom is -0.371 e. The Morgan fingerprint density at radius 2 is 1.62 bits per heavy atom. The zero-order chi connectivity index (χ0) is 17.7. The predicted molar refractivity (Wildman–Crippen MR) is 107 cm³/mol. The lowest BCUT2D eigenvalue weighted by Crippen LogP contribution is -2.29.